The molecule has 4 heteroatoms. The van der Waals surface area contributed by atoms with E-state index in [4.69, 9.17) is 4.74 Å². The number of rotatable bonds is 5. The summed E-state index contributed by atoms with van der Waals surface area (Å²) < 4.78 is 5.38. The van der Waals surface area contributed by atoms with Crippen LogP contribution in [0, 0.1) is 0 Å². The van der Waals surface area contributed by atoms with Gasteiger partial charge in [0.1, 0.15) is 11.5 Å². The molecule has 0 aliphatic heterocycles. The lowest BCUT2D eigenvalue weighted by atomic mass is 10.1. The first kappa shape index (κ1) is 15.2. The second kappa shape index (κ2) is 6.36. The molecule has 0 saturated carbocycles. The lowest BCUT2D eigenvalue weighted by Crippen LogP contribution is -2.43. The predicted molar refractivity (Wildman–Crippen MR) is 74.2 cm³/mol. The molecule has 1 aromatic carbocycles. The highest BCUT2D eigenvalue weighted by Crippen LogP contribution is 2.12. The van der Waals surface area contributed by atoms with Gasteiger partial charge in [-0.3, -0.25) is 9.59 Å². The van der Waals surface area contributed by atoms with Crippen molar-refractivity contribution in [2.45, 2.75) is 39.7 Å². The van der Waals surface area contributed by atoms with Gasteiger partial charge in [-0.1, -0.05) is 12.1 Å². The Kier molecular flexibility index (Phi) is 5.10. The van der Waals surface area contributed by atoms with Crippen molar-refractivity contribution in [2.24, 2.45) is 0 Å². The normalized spacial score (nSPS) is 10.9. The molecule has 0 saturated heterocycles. The Hall–Kier alpha value is -1.84. The molecule has 19 heavy (non-hydrogen) atoms. The Morgan fingerprint density at radius 2 is 1.74 bits per heavy atom. The van der Waals surface area contributed by atoms with E-state index in [9.17, 15) is 9.59 Å². The molecule has 0 radical (unpaired) electrons. The summed E-state index contributed by atoms with van der Waals surface area (Å²) in [4.78, 5) is 22.5. The highest BCUT2D eigenvalue weighted by atomic mass is 16.5. The molecule has 0 atom stereocenters. The highest BCUT2D eigenvalue weighted by molar-refractivity contribution is 5.78. The molecule has 104 valence electrons. The van der Waals surface area contributed by atoms with E-state index in [2.05, 4.69) is 5.32 Å². The summed E-state index contributed by atoms with van der Waals surface area (Å²) in [7, 11) is 0. The Morgan fingerprint density at radius 3 is 2.21 bits per heavy atom. The number of nitrogens with one attached hydrogen (secondary N) is 1. The van der Waals surface area contributed by atoms with Crippen LogP contribution in [0.2, 0.25) is 0 Å². The van der Waals surface area contributed by atoms with E-state index in [1.54, 1.807) is 19.1 Å². The molecular weight excluding hydrogens is 242 g/mol. The van der Waals surface area contributed by atoms with Crippen molar-refractivity contribution >= 4 is 11.7 Å². The van der Waals surface area contributed by atoms with Gasteiger partial charge in [0, 0.05) is 12.0 Å². The van der Waals surface area contributed by atoms with Gasteiger partial charge >= 0.3 is 0 Å². The van der Waals surface area contributed by atoms with E-state index >= 15 is 0 Å². The molecule has 1 rings (SSSR count). The van der Waals surface area contributed by atoms with Crippen LogP contribution in [0.1, 0.15) is 33.3 Å². The van der Waals surface area contributed by atoms with Crippen LogP contribution < -0.4 is 10.1 Å². The van der Waals surface area contributed by atoms with Crippen LogP contribution in [0.15, 0.2) is 24.3 Å². The second-order valence-corrected chi connectivity index (χ2v) is 5.61. The van der Waals surface area contributed by atoms with Gasteiger partial charge < -0.3 is 10.1 Å². The van der Waals surface area contributed by atoms with E-state index in [0.29, 0.717) is 12.2 Å². The molecular formula is C15H21NO3. The maximum atomic E-state index is 11.6. The number of ketones is 1. The first-order valence-electron chi connectivity index (χ1n) is 6.28. The van der Waals surface area contributed by atoms with Crippen LogP contribution in [-0.4, -0.2) is 23.8 Å². The van der Waals surface area contributed by atoms with Gasteiger partial charge in [0.2, 0.25) is 0 Å². The van der Waals surface area contributed by atoms with Crippen LogP contribution >= 0.6 is 0 Å². The Balaban J connectivity index is 2.46. The van der Waals surface area contributed by atoms with Crippen molar-refractivity contribution in [3.8, 4) is 5.75 Å². The average molecular weight is 263 g/mol. The van der Waals surface area contributed by atoms with E-state index in [1.807, 2.05) is 32.9 Å². The summed E-state index contributed by atoms with van der Waals surface area (Å²) in [5.41, 5.74) is 0.685. The lowest BCUT2D eigenvalue weighted by Gasteiger charge is -2.20. The van der Waals surface area contributed by atoms with Gasteiger partial charge in [0.15, 0.2) is 6.61 Å². The van der Waals surface area contributed by atoms with Crippen LogP contribution in [-0.2, 0) is 16.0 Å². The minimum Gasteiger partial charge on any atom is -0.484 e. The van der Waals surface area contributed by atoms with Crippen molar-refractivity contribution in [1.29, 1.82) is 0 Å². The van der Waals surface area contributed by atoms with Crippen LogP contribution in [0.4, 0.5) is 0 Å². The van der Waals surface area contributed by atoms with Crippen molar-refractivity contribution in [2.75, 3.05) is 6.61 Å². The molecule has 0 bridgehead atoms. The first-order valence-corrected chi connectivity index (χ1v) is 6.28. The molecule has 1 N–H and O–H groups in total. The molecule has 0 aliphatic rings. The summed E-state index contributed by atoms with van der Waals surface area (Å²) in [6.07, 6.45) is 0.421. The molecule has 0 unspecified atom stereocenters. The molecule has 0 aromatic heterocycles. The van der Waals surface area contributed by atoms with E-state index in [-0.39, 0.29) is 23.8 Å². The van der Waals surface area contributed by atoms with Crippen molar-refractivity contribution in [3.05, 3.63) is 29.8 Å². The first-order chi connectivity index (χ1) is 8.76. The van der Waals surface area contributed by atoms with Crippen molar-refractivity contribution in [3.63, 3.8) is 0 Å². The number of amides is 1. The average Bonchev–Trinajstić information content (AvgIpc) is 2.25. The van der Waals surface area contributed by atoms with Gasteiger partial charge in [-0.05, 0) is 45.4 Å². The molecule has 1 amide bonds. The largest absolute Gasteiger partial charge is 0.484 e. The van der Waals surface area contributed by atoms with Crippen molar-refractivity contribution < 1.29 is 14.3 Å². The minimum atomic E-state index is -0.258. The molecule has 1 aromatic rings. The third kappa shape index (κ3) is 6.60. The number of benzene rings is 1. The minimum absolute atomic E-state index is 0.0106. The standard InChI is InChI=1S/C15H21NO3/c1-11(17)9-12-5-7-13(8-6-12)19-10-14(18)16-15(2,3)4/h5-8H,9-10H2,1-4H3,(H,16,18). The van der Waals surface area contributed by atoms with E-state index < -0.39 is 0 Å². The number of carbonyl (C=O) groups is 2. The molecule has 0 spiro atoms. The van der Waals surface area contributed by atoms with Gasteiger partial charge in [-0.25, -0.2) is 0 Å². The quantitative estimate of drug-likeness (QED) is 0.885. The van der Waals surface area contributed by atoms with E-state index in [1.165, 1.54) is 0 Å². The molecule has 0 fully saturated rings. The smallest absolute Gasteiger partial charge is 0.258 e. The zero-order valence-corrected chi connectivity index (χ0v) is 11.9. The molecule has 4 nitrogen and oxygen atoms in total. The van der Waals surface area contributed by atoms with Gasteiger partial charge in [0.05, 0.1) is 0 Å². The van der Waals surface area contributed by atoms with Gasteiger partial charge in [0.25, 0.3) is 5.91 Å². The topological polar surface area (TPSA) is 55.4 Å². The second-order valence-electron chi connectivity index (χ2n) is 5.61. The summed E-state index contributed by atoms with van der Waals surface area (Å²) in [5, 5.41) is 2.82. The summed E-state index contributed by atoms with van der Waals surface area (Å²) in [6, 6.07) is 7.20. The number of hydrogen-bond acceptors (Lipinski definition) is 3. The number of ether oxygens (including phenoxy) is 1. The predicted octanol–water partition coefficient (Wildman–Crippen LogP) is 2.11. The van der Waals surface area contributed by atoms with Crippen LogP contribution in [0.3, 0.4) is 0 Å². The Morgan fingerprint density at radius 1 is 1.16 bits per heavy atom. The molecule has 0 aliphatic carbocycles. The zero-order valence-electron chi connectivity index (χ0n) is 11.9. The molecule has 0 heterocycles. The zero-order chi connectivity index (χ0) is 14.5. The maximum absolute atomic E-state index is 11.6. The highest BCUT2D eigenvalue weighted by Gasteiger charge is 2.13. The summed E-state index contributed by atoms with van der Waals surface area (Å²) >= 11 is 0. The van der Waals surface area contributed by atoms with Crippen molar-refractivity contribution in [1.82, 2.24) is 5.32 Å². The summed E-state index contributed by atoms with van der Waals surface area (Å²) in [5.74, 6) is 0.592. The SMILES string of the molecule is CC(=O)Cc1ccc(OCC(=O)NC(C)(C)C)cc1. The Bertz CT molecular complexity index is 443. The van der Waals surface area contributed by atoms with E-state index in [0.717, 1.165) is 5.56 Å². The third-order valence-corrected chi connectivity index (χ3v) is 2.26. The summed E-state index contributed by atoms with van der Waals surface area (Å²) in [6.45, 7) is 7.30. The number of Topliss-reactive ketones (excluding diaryl/α,β-unsaturated/α-hetero) is 1. The fourth-order valence-electron chi connectivity index (χ4n) is 1.59. The lowest BCUT2D eigenvalue weighted by molar-refractivity contribution is -0.124. The monoisotopic (exact) mass is 263 g/mol. The van der Waals surface area contributed by atoms with Gasteiger partial charge in [-0.2, -0.15) is 0 Å². The van der Waals surface area contributed by atoms with Gasteiger partial charge in [-0.15, -0.1) is 0 Å². The van der Waals surface area contributed by atoms with Crippen LogP contribution in [0.25, 0.3) is 0 Å². The number of carbonyl (C=O) groups excluding carboxylic acids is 2. The maximum Gasteiger partial charge on any atom is 0.258 e. The fraction of sp³-hybridized carbons (Fsp3) is 0.467. The fourth-order valence-corrected chi connectivity index (χ4v) is 1.59. The number of hydrogen-bond donors (Lipinski definition) is 1. The van der Waals surface area contributed by atoms with Crippen LogP contribution in [0.5, 0.6) is 5.75 Å². The Labute approximate surface area is 114 Å². The third-order valence-electron chi connectivity index (χ3n) is 2.26.